The quantitative estimate of drug-likeness (QED) is 0.567. The van der Waals surface area contributed by atoms with Crippen LogP contribution < -0.4 is 5.32 Å². The number of hydrogen-bond acceptors (Lipinski definition) is 6. The number of nitrogens with one attached hydrogen (secondary N) is 1. The van der Waals surface area contributed by atoms with Crippen molar-refractivity contribution in [3.05, 3.63) is 64.6 Å². The minimum atomic E-state index is -3.89. The fourth-order valence-corrected chi connectivity index (χ4v) is 6.33. The number of nitrogens with zero attached hydrogens (tertiary/aromatic N) is 2. The predicted molar refractivity (Wildman–Crippen MR) is 126 cm³/mol. The van der Waals surface area contributed by atoms with E-state index in [4.69, 9.17) is 16.3 Å². The number of carbonyl (C=O) groups is 1. The van der Waals surface area contributed by atoms with Crippen molar-refractivity contribution < 1.29 is 17.9 Å². The molecule has 1 aliphatic rings. The molecule has 0 bridgehead atoms. The smallest absolute Gasteiger partial charge is 0.255 e. The Labute approximate surface area is 196 Å². The highest BCUT2D eigenvalue weighted by Gasteiger charge is 2.33. The number of ether oxygens (including phenoxy) is 1. The molecule has 1 saturated heterocycles. The van der Waals surface area contributed by atoms with Crippen molar-refractivity contribution in [2.45, 2.75) is 31.0 Å². The van der Waals surface area contributed by atoms with Gasteiger partial charge in [-0.05, 0) is 44.2 Å². The van der Waals surface area contributed by atoms with E-state index < -0.39 is 15.9 Å². The number of carbonyl (C=O) groups excluding carboxylic acids is 1. The van der Waals surface area contributed by atoms with Gasteiger partial charge in [0.2, 0.25) is 10.0 Å². The van der Waals surface area contributed by atoms with Gasteiger partial charge in [0, 0.05) is 41.5 Å². The van der Waals surface area contributed by atoms with E-state index in [0.29, 0.717) is 5.69 Å². The molecule has 0 radical (unpaired) electrons. The van der Waals surface area contributed by atoms with Gasteiger partial charge in [0.1, 0.15) is 9.90 Å². The Kier molecular flexibility index (Phi) is 6.64. The number of aromatic nitrogens is 1. The first-order chi connectivity index (χ1) is 15.2. The van der Waals surface area contributed by atoms with Crippen molar-refractivity contribution in [1.29, 1.82) is 0 Å². The summed E-state index contributed by atoms with van der Waals surface area (Å²) >= 11 is 7.74. The number of morpholine rings is 1. The van der Waals surface area contributed by atoms with E-state index in [2.05, 4.69) is 10.3 Å². The lowest BCUT2D eigenvalue weighted by atomic mass is 10.2. The molecular formula is C22H22ClN3O4S2. The summed E-state index contributed by atoms with van der Waals surface area (Å²) in [6, 6.07) is 11.6. The average molecular weight is 492 g/mol. The van der Waals surface area contributed by atoms with Crippen LogP contribution in [-0.2, 0) is 14.8 Å². The molecule has 4 rings (SSSR count). The van der Waals surface area contributed by atoms with Crippen LogP contribution in [0.5, 0.6) is 0 Å². The van der Waals surface area contributed by atoms with Gasteiger partial charge in [-0.1, -0.05) is 23.7 Å². The molecule has 2 atom stereocenters. The van der Waals surface area contributed by atoms with Crippen molar-refractivity contribution in [1.82, 2.24) is 9.29 Å². The lowest BCUT2D eigenvalue weighted by Crippen LogP contribution is -2.48. The third kappa shape index (κ3) is 4.87. The predicted octanol–water partition coefficient (Wildman–Crippen LogP) is 4.51. The van der Waals surface area contributed by atoms with Crippen LogP contribution in [0.4, 0.5) is 5.69 Å². The second-order valence-corrected chi connectivity index (χ2v) is 10.8. The first kappa shape index (κ1) is 22.9. The van der Waals surface area contributed by atoms with E-state index in [-0.39, 0.29) is 40.8 Å². The second kappa shape index (κ2) is 9.29. The maximum absolute atomic E-state index is 13.3. The number of halogens is 1. The molecule has 0 spiro atoms. The molecule has 1 aromatic heterocycles. The molecule has 0 aliphatic carbocycles. The molecule has 32 heavy (non-hydrogen) atoms. The molecular weight excluding hydrogens is 470 g/mol. The summed E-state index contributed by atoms with van der Waals surface area (Å²) in [5.41, 5.74) is 1.66. The van der Waals surface area contributed by atoms with Crippen LogP contribution >= 0.6 is 22.9 Å². The number of anilines is 1. The van der Waals surface area contributed by atoms with Gasteiger partial charge >= 0.3 is 0 Å². The molecule has 2 unspecified atom stereocenters. The summed E-state index contributed by atoms with van der Waals surface area (Å²) in [7, 11) is -3.89. The molecule has 2 heterocycles. The van der Waals surface area contributed by atoms with Crippen LogP contribution in [0.2, 0.25) is 5.02 Å². The van der Waals surface area contributed by atoms with Gasteiger partial charge in [0.05, 0.1) is 17.2 Å². The van der Waals surface area contributed by atoms with Crippen molar-refractivity contribution >= 4 is 44.6 Å². The fraction of sp³-hybridized carbons (Fsp3) is 0.273. The first-order valence-corrected chi connectivity index (χ1v) is 12.7. The zero-order chi connectivity index (χ0) is 22.9. The summed E-state index contributed by atoms with van der Waals surface area (Å²) in [5.74, 6) is -0.432. The molecule has 0 saturated carbocycles. The van der Waals surface area contributed by atoms with Crippen molar-refractivity contribution in [2.75, 3.05) is 18.4 Å². The van der Waals surface area contributed by atoms with E-state index in [9.17, 15) is 13.2 Å². The third-order valence-corrected chi connectivity index (χ3v) is 8.13. The standard InChI is InChI=1S/C22H22ClN3O4S2/c1-14-12-26(13-15(2)30-14)32(28,29)20-11-16(6-7-19(20)23)21(27)25-18-5-3-4-17(10-18)22-24-8-9-31-22/h3-11,14-15H,12-13H2,1-2H3,(H,25,27). The monoisotopic (exact) mass is 491 g/mol. The minimum Gasteiger partial charge on any atom is -0.373 e. The maximum Gasteiger partial charge on any atom is 0.255 e. The highest BCUT2D eigenvalue weighted by Crippen LogP contribution is 2.29. The van der Waals surface area contributed by atoms with Gasteiger partial charge in [-0.15, -0.1) is 11.3 Å². The van der Waals surface area contributed by atoms with Crippen molar-refractivity contribution in [3.8, 4) is 10.6 Å². The van der Waals surface area contributed by atoms with E-state index in [1.165, 1.54) is 33.8 Å². The lowest BCUT2D eigenvalue weighted by Gasteiger charge is -2.34. The normalized spacial score (nSPS) is 19.6. The number of rotatable bonds is 5. The molecule has 7 nitrogen and oxygen atoms in total. The highest BCUT2D eigenvalue weighted by atomic mass is 35.5. The lowest BCUT2D eigenvalue weighted by molar-refractivity contribution is -0.0440. The van der Waals surface area contributed by atoms with Crippen LogP contribution in [0, 0.1) is 0 Å². The van der Waals surface area contributed by atoms with Crippen LogP contribution in [-0.4, -0.2) is 48.9 Å². The zero-order valence-corrected chi connectivity index (χ0v) is 19.9. The molecule has 1 fully saturated rings. The number of thiazole rings is 1. The Balaban J connectivity index is 1.59. The number of hydrogen-bond donors (Lipinski definition) is 1. The van der Waals surface area contributed by atoms with Crippen molar-refractivity contribution in [2.24, 2.45) is 0 Å². The summed E-state index contributed by atoms with van der Waals surface area (Å²) in [4.78, 5) is 17.1. The van der Waals surface area contributed by atoms with E-state index in [1.807, 2.05) is 37.4 Å². The van der Waals surface area contributed by atoms with Gasteiger partial charge < -0.3 is 10.1 Å². The van der Waals surface area contributed by atoms with Crippen LogP contribution in [0.25, 0.3) is 10.6 Å². The number of amides is 1. The Morgan fingerprint density at radius 2 is 1.94 bits per heavy atom. The molecule has 1 amide bonds. The van der Waals surface area contributed by atoms with Crippen LogP contribution in [0.1, 0.15) is 24.2 Å². The molecule has 10 heteroatoms. The van der Waals surface area contributed by atoms with E-state index in [1.54, 1.807) is 12.3 Å². The largest absolute Gasteiger partial charge is 0.373 e. The van der Waals surface area contributed by atoms with E-state index >= 15 is 0 Å². The van der Waals surface area contributed by atoms with Crippen molar-refractivity contribution in [3.63, 3.8) is 0 Å². The summed E-state index contributed by atoms with van der Waals surface area (Å²) in [6.07, 6.45) is 1.25. The fourth-order valence-electron chi connectivity index (χ4n) is 3.61. The Bertz CT molecular complexity index is 1220. The average Bonchev–Trinajstić information content (AvgIpc) is 3.28. The summed E-state index contributed by atoms with van der Waals surface area (Å²) in [5, 5.41) is 5.61. The van der Waals surface area contributed by atoms with Crippen LogP contribution in [0.3, 0.4) is 0 Å². The molecule has 168 valence electrons. The third-order valence-electron chi connectivity index (χ3n) is 5.00. The summed E-state index contributed by atoms with van der Waals surface area (Å²) < 4.78 is 33.5. The van der Waals surface area contributed by atoms with Gasteiger partial charge in [0.15, 0.2) is 0 Å². The zero-order valence-electron chi connectivity index (χ0n) is 17.5. The number of sulfonamides is 1. The Morgan fingerprint density at radius 1 is 1.19 bits per heavy atom. The van der Waals surface area contributed by atoms with Gasteiger partial charge in [-0.2, -0.15) is 4.31 Å². The van der Waals surface area contributed by atoms with Crippen LogP contribution in [0.15, 0.2) is 58.9 Å². The van der Waals surface area contributed by atoms with Gasteiger partial charge in [-0.25, -0.2) is 13.4 Å². The maximum atomic E-state index is 13.3. The highest BCUT2D eigenvalue weighted by molar-refractivity contribution is 7.89. The Morgan fingerprint density at radius 3 is 2.62 bits per heavy atom. The second-order valence-electron chi connectivity index (χ2n) is 7.60. The molecule has 1 N–H and O–H groups in total. The number of benzene rings is 2. The Hall–Kier alpha value is -2.30. The van der Waals surface area contributed by atoms with Gasteiger partial charge in [-0.3, -0.25) is 4.79 Å². The molecule has 2 aromatic carbocycles. The topological polar surface area (TPSA) is 88.6 Å². The van der Waals surface area contributed by atoms with E-state index in [0.717, 1.165) is 10.6 Å². The summed E-state index contributed by atoms with van der Waals surface area (Å²) in [6.45, 7) is 4.10. The molecule has 3 aromatic rings. The molecule has 1 aliphatic heterocycles. The SMILES string of the molecule is CC1CN(S(=O)(=O)c2cc(C(=O)Nc3cccc(-c4nccs4)c3)ccc2Cl)CC(C)O1. The minimum absolute atomic E-state index is 0.0686. The first-order valence-electron chi connectivity index (χ1n) is 10.0. The van der Waals surface area contributed by atoms with Gasteiger partial charge in [0.25, 0.3) is 5.91 Å².